The van der Waals surface area contributed by atoms with Gasteiger partial charge in [0.05, 0.1) is 16.7 Å². The normalized spacial score (nSPS) is 11.8. The SMILES string of the molecule is c1ccc(-c2ccc(-c3nc(-c4ccc5c(c4)oc4ccccc45)nc(-c4ccc5oc6cccc(-c7ccccc7-n7c8ccccc8c8ccccc87)c6c5c4)n3)cc2)cc1. The van der Waals surface area contributed by atoms with E-state index in [0.29, 0.717) is 17.5 Å². The maximum Gasteiger partial charge on any atom is 0.164 e. The summed E-state index contributed by atoms with van der Waals surface area (Å²) in [6.45, 7) is 0. The predicted molar refractivity (Wildman–Crippen MR) is 256 cm³/mol. The van der Waals surface area contributed by atoms with Crippen molar-refractivity contribution in [1.82, 2.24) is 19.5 Å². The topological polar surface area (TPSA) is 69.9 Å². The van der Waals surface area contributed by atoms with Gasteiger partial charge in [0.25, 0.3) is 0 Å². The van der Waals surface area contributed by atoms with Gasteiger partial charge in [-0.2, -0.15) is 0 Å². The third kappa shape index (κ3) is 5.69. The molecule has 0 amide bonds. The minimum Gasteiger partial charge on any atom is -0.456 e. The van der Waals surface area contributed by atoms with Gasteiger partial charge in [-0.1, -0.05) is 146 Å². The van der Waals surface area contributed by atoms with E-state index in [-0.39, 0.29) is 0 Å². The lowest BCUT2D eigenvalue weighted by Gasteiger charge is -2.15. The van der Waals surface area contributed by atoms with Crippen LogP contribution in [0.2, 0.25) is 0 Å². The van der Waals surface area contributed by atoms with Crippen molar-refractivity contribution in [1.29, 1.82) is 0 Å². The van der Waals surface area contributed by atoms with Gasteiger partial charge < -0.3 is 13.4 Å². The van der Waals surface area contributed by atoms with E-state index >= 15 is 0 Å². The molecule has 0 aliphatic heterocycles. The van der Waals surface area contributed by atoms with Crippen LogP contribution >= 0.6 is 0 Å². The zero-order chi connectivity index (χ0) is 41.4. The molecular formula is C57H34N4O2. The molecule has 0 bridgehead atoms. The van der Waals surface area contributed by atoms with Crippen LogP contribution in [-0.2, 0) is 0 Å². The Morgan fingerprint density at radius 2 is 0.810 bits per heavy atom. The highest BCUT2D eigenvalue weighted by molar-refractivity contribution is 6.15. The number of furan rings is 2. The summed E-state index contributed by atoms with van der Waals surface area (Å²) in [5.74, 6) is 1.70. The molecule has 13 aromatic rings. The molecule has 4 heterocycles. The summed E-state index contributed by atoms with van der Waals surface area (Å²) in [4.78, 5) is 15.5. The van der Waals surface area contributed by atoms with Crippen molar-refractivity contribution < 1.29 is 8.83 Å². The average molecular weight is 807 g/mol. The van der Waals surface area contributed by atoms with Gasteiger partial charge in [-0.3, -0.25) is 0 Å². The van der Waals surface area contributed by atoms with Crippen molar-refractivity contribution >= 4 is 65.7 Å². The van der Waals surface area contributed by atoms with Crippen molar-refractivity contribution in [2.24, 2.45) is 0 Å². The second-order valence-corrected chi connectivity index (χ2v) is 15.9. The molecule has 0 radical (unpaired) electrons. The quantitative estimate of drug-likeness (QED) is 0.167. The minimum absolute atomic E-state index is 0.558. The van der Waals surface area contributed by atoms with E-state index in [2.05, 4.69) is 162 Å². The Morgan fingerprint density at radius 3 is 1.59 bits per heavy atom. The summed E-state index contributed by atoms with van der Waals surface area (Å²) in [5.41, 5.74) is 13.7. The molecule has 9 aromatic carbocycles. The number of nitrogens with zero attached hydrogens (tertiary/aromatic N) is 4. The molecular weight excluding hydrogens is 773 g/mol. The first kappa shape index (κ1) is 35.2. The summed E-state index contributed by atoms with van der Waals surface area (Å²) in [6, 6.07) is 71.6. The van der Waals surface area contributed by atoms with Gasteiger partial charge in [0.15, 0.2) is 17.5 Å². The number of rotatable bonds is 6. The van der Waals surface area contributed by atoms with Crippen LogP contribution in [0.25, 0.3) is 128 Å². The molecule has 0 fully saturated rings. The van der Waals surface area contributed by atoms with E-state index in [1.807, 2.05) is 48.5 Å². The van der Waals surface area contributed by atoms with Crippen LogP contribution in [0.5, 0.6) is 0 Å². The Kier molecular flexibility index (Phi) is 7.80. The van der Waals surface area contributed by atoms with Crippen molar-refractivity contribution in [2.75, 3.05) is 0 Å². The van der Waals surface area contributed by atoms with E-state index in [1.165, 1.54) is 10.8 Å². The lowest BCUT2D eigenvalue weighted by atomic mass is 9.97. The van der Waals surface area contributed by atoms with Gasteiger partial charge >= 0.3 is 0 Å². The molecule has 0 N–H and O–H groups in total. The van der Waals surface area contributed by atoms with Crippen molar-refractivity contribution in [2.45, 2.75) is 0 Å². The van der Waals surface area contributed by atoms with E-state index in [0.717, 1.165) is 99.5 Å². The number of para-hydroxylation sites is 4. The fourth-order valence-electron chi connectivity index (χ4n) is 9.34. The molecule has 4 aromatic heterocycles. The lowest BCUT2D eigenvalue weighted by Crippen LogP contribution is -2.00. The van der Waals surface area contributed by atoms with Crippen LogP contribution < -0.4 is 0 Å². The first-order chi connectivity index (χ1) is 31.2. The molecule has 294 valence electrons. The van der Waals surface area contributed by atoms with Crippen LogP contribution in [0, 0.1) is 0 Å². The van der Waals surface area contributed by atoms with E-state index in [9.17, 15) is 0 Å². The second kappa shape index (κ2) is 14.0. The van der Waals surface area contributed by atoms with Crippen LogP contribution in [0.15, 0.2) is 215 Å². The third-order valence-corrected chi connectivity index (χ3v) is 12.3. The second-order valence-electron chi connectivity index (χ2n) is 15.9. The summed E-state index contributed by atoms with van der Waals surface area (Å²) >= 11 is 0. The van der Waals surface area contributed by atoms with E-state index < -0.39 is 0 Å². The Labute approximate surface area is 361 Å². The maximum absolute atomic E-state index is 6.61. The van der Waals surface area contributed by atoms with E-state index in [4.69, 9.17) is 23.8 Å². The third-order valence-electron chi connectivity index (χ3n) is 12.3. The summed E-state index contributed by atoms with van der Waals surface area (Å²) < 4.78 is 15.3. The number of hydrogen-bond acceptors (Lipinski definition) is 5. The molecule has 0 spiro atoms. The number of fused-ring (bicyclic) bond motifs is 9. The van der Waals surface area contributed by atoms with Gasteiger partial charge in [0.1, 0.15) is 22.3 Å². The predicted octanol–water partition coefficient (Wildman–Crippen LogP) is 15.1. The first-order valence-electron chi connectivity index (χ1n) is 21.1. The molecule has 0 atom stereocenters. The molecule has 6 nitrogen and oxygen atoms in total. The van der Waals surface area contributed by atoms with Gasteiger partial charge in [-0.25, -0.2) is 15.0 Å². The highest BCUT2D eigenvalue weighted by atomic mass is 16.3. The Morgan fingerprint density at radius 1 is 0.302 bits per heavy atom. The molecule has 13 rings (SSSR count). The minimum atomic E-state index is 0.558. The molecule has 0 aliphatic rings. The Bertz CT molecular complexity index is 3860. The van der Waals surface area contributed by atoms with Crippen LogP contribution in [0.4, 0.5) is 0 Å². The number of benzene rings is 9. The average Bonchev–Trinajstić information content (AvgIpc) is 4.03. The molecule has 0 saturated heterocycles. The molecule has 63 heavy (non-hydrogen) atoms. The number of hydrogen-bond donors (Lipinski definition) is 0. The molecule has 0 aliphatic carbocycles. The molecule has 0 unspecified atom stereocenters. The molecule has 0 saturated carbocycles. The van der Waals surface area contributed by atoms with Crippen molar-refractivity contribution in [3.05, 3.63) is 206 Å². The Balaban J connectivity index is 0.992. The standard InChI is InChI=1S/C57H34N4O2/c1-2-13-35(14-3-1)36-25-27-37(28-26-36)55-58-56(60-57(59-55)39-29-31-44-43-18-7-11-23-50(43)63-53(44)34-39)38-30-32-51-46(33-38)54-45(19-12-24-52(54)62-51)42-17-6-10-22-49(42)61-47-20-8-4-15-40(47)41-16-5-9-21-48(41)61/h1-34H. The monoisotopic (exact) mass is 806 g/mol. The Hall–Kier alpha value is -8.61. The van der Waals surface area contributed by atoms with Crippen molar-refractivity contribution in [3.8, 4) is 62.1 Å². The first-order valence-corrected chi connectivity index (χ1v) is 21.1. The smallest absolute Gasteiger partial charge is 0.164 e. The largest absolute Gasteiger partial charge is 0.456 e. The maximum atomic E-state index is 6.61. The zero-order valence-corrected chi connectivity index (χ0v) is 33.7. The van der Waals surface area contributed by atoms with Gasteiger partial charge in [-0.05, 0) is 77.4 Å². The molecule has 6 heteroatoms. The van der Waals surface area contributed by atoms with Crippen LogP contribution in [-0.4, -0.2) is 19.5 Å². The lowest BCUT2D eigenvalue weighted by molar-refractivity contribution is 0.668. The van der Waals surface area contributed by atoms with Crippen LogP contribution in [0.3, 0.4) is 0 Å². The van der Waals surface area contributed by atoms with Gasteiger partial charge in [-0.15, -0.1) is 0 Å². The fraction of sp³-hybridized carbons (Fsp3) is 0. The highest BCUT2D eigenvalue weighted by Crippen LogP contribution is 2.42. The zero-order valence-electron chi connectivity index (χ0n) is 33.7. The van der Waals surface area contributed by atoms with E-state index in [1.54, 1.807) is 0 Å². The summed E-state index contributed by atoms with van der Waals surface area (Å²) in [7, 11) is 0. The highest BCUT2D eigenvalue weighted by Gasteiger charge is 2.21. The summed E-state index contributed by atoms with van der Waals surface area (Å²) in [6.07, 6.45) is 0. The number of aromatic nitrogens is 4. The van der Waals surface area contributed by atoms with Crippen LogP contribution in [0.1, 0.15) is 0 Å². The van der Waals surface area contributed by atoms with Gasteiger partial charge in [0, 0.05) is 54.6 Å². The summed E-state index contributed by atoms with van der Waals surface area (Å²) in [5, 5.41) is 6.58. The fourth-order valence-corrected chi connectivity index (χ4v) is 9.34. The van der Waals surface area contributed by atoms with Gasteiger partial charge in [0.2, 0.25) is 0 Å². The van der Waals surface area contributed by atoms with Crippen molar-refractivity contribution in [3.63, 3.8) is 0 Å².